The molecule has 0 atom stereocenters. The van der Waals surface area contributed by atoms with Crippen molar-refractivity contribution in [3.05, 3.63) is 40.2 Å². The molecule has 0 spiro atoms. The first-order valence-electron chi connectivity index (χ1n) is 4.90. The molecule has 86 valence electrons. The lowest BCUT2D eigenvalue weighted by molar-refractivity contribution is -0.114. The van der Waals surface area contributed by atoms with Gasteiger partial charge in [0.2, 0.25) is 11.3 Å². The number of benzene rings is 1. The van der Waals surface area contributed by atoms with Gasteiger partial charge in [-0.1, -0.05) is 0 Å². The summed E-state index contributed by atoms with van der Waals surface area (Å²) in [5.41, 5.74) is 0.404. The predicted octanol–water partition coefficient (Wildman–Crippen LogP) is 1.56. The van der Waals surface area contributed by atoms with Gasteiger partial charge < -0.3 is 9.73 Å². The molecule has 0 aliphatic carbocycles. The Kier molecular flexibility index (Phi) is 2.74. The molecule has 17 heavy (non-hydrogen) atoms. The van der Waals surface area contributed by atoms with Crippen LogP contribution in [-0.2, 0) is 4.79 Å². The van der Waals surface area contributed by atoms with E-state index in [2.05, 4.69) is 5.32 Å². The van der Waals surface area contributed by atoms with Crippen LogP contribution in [0.15, 0.2) is 33.7 Å². The molecule has 0 bridgehead atoms. The van der Waals surface area contributed by atoms with Crippen LogP contribution in [0.3, 0.4) is 0 Å². The highest BCUT2D eigenvalue weighted by atomic mass is 16.3. The second kappa shape index (κ2) is 4.21. The number of rotatable bonds is 2. The number of amides is 1. The predicted molar refractivity (Wildman–Crippen MR) is 62.2 cm³/mol. The molecule has 1 heterocycles. The first kappa shape index (κ1) is 11.1. The van der Waals surface area contributed by atoms with Gasteiger partial charge in [0.25, 0.3) is 0 Å². The van der Waals surface area contributed by atoms with E-state index in [-0.39, 0.29) is 16.9 Å². The third-order valence-corrected chi connectivity index (χ3v) is 2.25. The summed E-state index contributed by atoms with van der Waals surface area (Å²) in [6, 6.07) is 4.67. The van der Waals surface area contributed by atoms with Gasteiger partial charge in [0.05, 0.1) is 10.9 Å². The van der Waals surface area contributed by atoms with E-state index in [1.807, 2.05) is 0 Å². The zero-order valence-corrected chi connectivity index (χ0v) is 9.02. The first-order chi connectivity index (χ1) is 8.11. The van der Waals surface area contributed by atoms with E-state index in [4.69, 9.17) is 4.42 Å². The summed E-state index contributed by atoms with van der Waals surface area (Å²) in [7, 11) is 0. The average molecular weight is 231 g/mol. The van der Waals surface area contributed by atoms with E-state index < -0.39 is 5.43 Å². The third-order valence-electron chi connectivity index (χ3n) is 2.25. The zero-order chi connectivity index (χ0) is 12.4. The lowest BCUT2D eigenvalue weighted by Crippen LogP contribution is -2.09. The van der Waals surface area contributed by atoms with Gasteiger partial charge in [0.15, 0.2) is 6.29 Å². The van der Waals surface area contributed by atoms with Crippen LogP contribution in [0, 0.1) is 0 Å². The Morgan fingerprint density at radius 1 is 1.41 bits per heavy atom. The number of hydrogen-bond acceptors (Lipinski definition) is 4. The maximum absolute atomic E-state index is 11.8. The maximum atomic E-state index is 11.8. The summed E-state index contributed by atoms with van der Waals surface area (Å²) >= 11 is 0. The van der Waals surface area contributed by atoms with Gasteiger partial charge in [-0.2, -0.15) is 0 Å². The van der Waals surface area contributed by atoms with Gasteiger partial charge in [0.1, 0.15) is 11.8 Å². The molecule has 1 aromatic carbocycles. The third kappa shape index (κ3) is 2.08. The van der Waals surface area contributed by atoms with E-state index in [1.165, 1.54) is 13.0 Å². The second-order valence-corrected chi connectivity index (χ2v) is 3.53. The van der Waals surface area contributed by atoms with Crippen molar-refractivity contribution in [1.29, 1.82) is 0 Å². The highest BCUT2D eigenvalue weighted by molar-refractivity contribution is 5.92. The molecule has 1 aromatic heterocycles. The number of carbonyl (C=O) groups excluding carboxylic acids is 2. The van der Waals surface area contributed by atoms with Crippen molar-refractivity contribution in [1.82, 2.24) is 0 Å². The molecule has 5 heteroatoms. The van der Waals surface area contributed by atoms with Gasteiger partial charge in [-0.3, -0.25) is 14.4 Å². The maximum Gasteiger partial charge on any atom is 0.221 e. The number of hydrogen-bond donors (Lipinski definition) is 1. The van der Waals surface area contributed by atoms with Crippen LogP contribution in [0.4, 0.5) is 5.69 Å². The molecule has 2 aromatic rings. The van der Waals surface area contributed by atoms with Crippen molar-refractivity contribution in [3.8, 4) is 0 Å². The molecule has 0 radical (unpaired) electrons. The topological polar surface area (TPSA) is 76.4 Å². The largest absolute Gasteiger partial charge is 0.463 e. The zero-order valence-electron chi connectivity index (χ0n) is 9.02. The number of carbonyl (C=O) groups is 2. The second-order valence-electron chi connectivity index (χ2n) is 3.53. The number of anilines is 1. The Morgan fingerprint density at radius 3 is 2.82 bits per heavy atom. The molecule has 0 saturated carbocycles. The Hall–Kier alpha value is -2.43. The summed E-state index contributed by atoms with van der Waals surface area (Å²) in [6.45, 7) is 1.37. The lowest BCUT2D eigenvalue weighted by atomic mass is 10.1. The molecule has 0 aliphatic heterocycles. The van der Waals surface area contributed by atoms with Crippen LogP contribution in [0.1, 0.15) is 17.3 Å². The quantitative estimate of drug-likeness (QED) is 0.796. The highest BCUT2D eigenvalue weighted by Crippen LogP contribution is 2.16. The molecule has 0 aliphatic rings. The molecule has 0 unspecified atom stereocenters. The van der Waals surface area contributed by atoms with Crippen LogP contribution >= 0.6 is 0 Å². The SMILES string of the molecule is CC(=O)Nc1ccc2occ(C=O)c(=O)c2c1. The van der Waals surface area contributed by atoms with E-state index in [9.17, 15) is 14.4 Å². The monoisotopic (exact) mass is 231 g/mol. The van der Waals surface area contributed by atoms with E-state index >= 15 is 0 Å². The lowest BCUT2D eigenvalue weighted by Gasteiger charge is -2.03. The van der Waals surface area contributed by atoms with Gasteiger partial charge in [0, 0.05) is 12.6 Å². The molecule has 2 rings (SSSR count). The summed E-state index contributed by atoms with van der Waals surface area (Å²) < 4.78 is 5.13. The Bertz CT molecular complexity index is 657. The molecule has 0 saturated heterocycles. The van der Waals surface area contributed by atoms with E-state index in [1.54, 1.807) is 12.1 Å². The van der Waals surface area contributed by atoms with Crippen molar-refractivity contribution in [2.24, 2.45) is 0 Å². The van der Waals surface area contributed by atoms with Gasteiger partial charge in [-0.15, -0.1) is 0 Å². The molecule has 1 amide bonds. The minimum Gasteiger partial charge on any atom is -0.463 e. The number of aldehydes is 1. The van der Waals surface area contributed by atoms with E-state index in [0.717, 1.165) is 6.26 Å². The summed E-state index contributed by atoms with van der Waals surface area (Å²) in [5, 5.41) is 2.82. The Labute approximate surface area is 96.0 Å². The van der Waals surface area contributed by atoms with Crippen LogP contribution in [0.2, 0.25) is 0 Å². The summed E-state index contributed by atoms with van der Waals surface area (Å²) in [6.07, 6.45) is 1.56. The normalized spacial score (nSPS) is 10.2. The van der Waals surface area contributed by atoms with Crippen molar-refractivity contribution in [2.45, 2.75) is 6.92 Å². The van der Waals surface area contributed by atoms with Crippen LogP contribution in [-0.4, -0.2) is 12.2 Å². The van der Waals surface area contributed by atoms with Crippen molar-refractivity contribution < 1.29 is 14.0 Å². The molecular weight excluding hydrogens is 222 g/mol. The molecular formula is C12H9NO4. The van der Waals surface area contributed by atoms with Crippen molar-refractivity contribution in [3.63, 3.8) is 0 Å². The Balaban J connectivity index is 2.66. The fraction of sp³-hybridized carbons (Fsp3) is 0.0833. The fourth-order valence-electron chi connectivity index (χ4n) is 1.51. The van der Waals surface area contributed by atoms with Crippen molar-refractivity contribution in [2.75, 3.05) is 5.32 Å². The molecule has 1 N–H and O–H groups in total. The molecule has 0 fully saturated rings. The smallest absolute Gasteiger partial charge is 0.221 e. The fourth-order valence-corrected chi connectivity index (χ4v) is 1.51. The first-order valence-corrected chi connectivity index (χ1v) is 4.90. The number of nitrogens with one attached hydrogen (secondary N) is 1. The van der Waals surface area contributed by atoms with Crippen LogP contribution in [0.5, 0.6) is 0 Å². The van der Waals surface area contributed by atoms with Crippen molar-refractivity contribution >= 4 is 28.8 Å². The summed E-state index contributed by atoms with van der Waals surface area (Å²) in [4.78, 5) is 33.3. The molecule has 5 nitrogen and oxygen atoms in total. The van der Waals surface area contributed by atoms with Crippen LogP contribution in [0.25, 0.3) is 11.0 Å². The van der Waals surface area contributed by atoms with Gasteiger partial charge >= 0.3 is 0 Å². The van der Waals surface area contributed by atoms with Gasteiger partial charge in [-0.05, 0) is 18.2 Å². The van der Waals surface area contributed by atoms with Gasteiger partial charge in [-0.25, -0.2) is 0 Å². The van der Waals surface area contributed by atoms with Crippen LogP contribution < -0.4 is 10.7 Å². The minimum atomic E-state index is -0.409. The standard InChI is InChI=1S/C12H9NO4/c1-7(15)13-9-2-3-11-10(4-9)12(16)8(5-14)6-17-11/h2-6H,1H3,(H,13,15). The highest BCUT2D eigenvalue weighted by Gasteiger charge is 2.07. The van der Waals surface area contributed by atoms with E-state index in [0.29, 0.717) is 17.6 Å². The summed E-state index contributed by atoms with van der Waals surface area (Å²) in [5.74, 6) is -0.236. The average Bonchev–Trinajstić information content (AvgIpc) is 2.29. The Morgan fingerprint density at radius 2 is 2.18 bits per heavy atom. The number of fused-ring (bicyclic) bond motifs is 1. The minimum absolute atomic E-state index is 0.0440.